The Morgan fingerprint density at radius 2 is 2.31 bits per heavy atom. The van der Waals surface area contributed by atoms with Crippen molar-refractivity contribution in [2.45, 2.75) is 19.4 Å². The van der Waals surface area contributed by atoms with Crippen LogP contribution in [-0.2, 0) is 11.2 Å². The Hall–Kier alpha value is -1.46. The van der Waals surface area contributed by atoms with Crippen molar-refractivity contribution in [1.29, 1.82) is 0 Å². The molecule has 1 unspecified atom stereocenters. The van der Waals surface area contributed by atoms with E-state index >= 15 is 0 Å². The van der Waals surface area contributed by atoms with E-state index in [2.05, 4.69) is 4.98 Å². The molecule has 16 heavy (non-hydrogen) atoms. The molecule has 0 fully saturated rings. The average molecular weight is 237 g/mol. The summed E-state index contributed by atoms with van der Waals surface area (Å²) in [5.41, 5.74) is 1.24. The fourth-order valence-corrected chi connectivity index (χ4v) is 2.41. The van der Waals surface area contributed by atoms with E-state index < -0.39 is 12.1 Å². The first-order valence-electron chi connectivity index (χ1n) is 4.92. The van der Waals surface area contributed by atoms with Gasteiger partial charge in [-0.1, -0.05) is 13.0 Å². The maximum Gasteiger partial charge on any atom is 0.337 e. The van der Waals surface area contributed by atoms with Gasteiger partial charge in [-0.15, -0.1) is 11.3 Å². The summed E-state index contributed by atoms with van der Waals surface area (Å²) in [5.74, 6) is -1.24. The molecule has 2 rings (SSSR count). The van der Waals surface area contributed by atoms with Gasteiger partial charge >= 0.3 is 5.97 Å². The highest BCUT2D eigenvalue weighted by Crippen LogP contribution is 2.26. The smallest absolute Gasteiger partial charge is 0.337 e. The number of aliphatic hydroxyl groups excluding tert-OH is 1. The molecule has 84 valence electrons. The van der Waals surface area contributed by atoms with E-state index in [0.717, 1.165) is 21.6 Å². The minimum Gasteiger partial charge on any atom is -0.479 e. The van der Waals surface area contributed by atoms with Crippen LogP contribution in [0, 0.1) is 0 Å². The van der Waals surface area contributed by atoms with Gasteiger partial charge in [0.2, 0.25) is 0 Å². The van der Waals surface area contributed by atoms with Crippen molar-refractivity contribution in [3.05, 3.63) is 28.8 Å². The first kappa shape index (κ1) is 11.0. The summed E-state index contributed by atoms with van der Waals surface area (Å²) in [6.45, 7) is 2.02. The molecule has 4 nitrogen and oxygen atoms in total. The van der Waals surface area contributed by atoms with E-state index in [9.17, 15) is 9.90 Å². The fraction of sp³-hybridized carbons (Fsp3) is 0.273. The first-order chi connectivity index (χ1) is 7.61. The molecule has 0 aliphatic carbocycles. The van der Waals surface area contributed by atoms with Crippen LogP contribution in [0.15, 0.2) is 18.2 Å². The molecular weight excluding hydrogens is 226 g/mol. The van der Waals surface area contributed by atoms with E-state index in [1.54, 1.807) is 18.2 Å². The summed E-state index contributed by atoms with van der Waals surface area (Å²) in [4.78, 5) is 15.0. The molecule has 0 saturated heterocycles. The number of nitrogens with zero attached hydrogens (tertiary/aromatic N) is 1. The number of aryl methyl sites for hydroxylation is 1. The van der Waals surface area contributed by atoms with Crippen molar-refractivity contribution in [1.82, 2.24) is 4.98 Å². The van der Waals surface area contributed by atoms with Gasteiger partial charge in [0.1, 0.15) is 0 Å². The molecule has 2 N–H and O–H groups in total. The minimum absolute atomic E-state index is 0.395. The maximum atomic E-state index is 10.6. The van der Waals surface area contributed by atoms with Gasteiger partial charge < -0.3 is 10.2 Å². The number of carboxylic acid groups (broad SMARTS) is 1. The van der Waals surface area contributed by atoms with E-state index in [1.165, 1.54) is 11.3 Å². The maximum absolute atomic E-state index is 10.6. The Morgan fingerprint density at radius 3 is 2.94 bits per heavy atom. The molecular formula is C11H11NO3S. The quantitative estimate of drug-likeness (QED) is 0.856. The second-order valence-corrected chi connectivity index (χ2v) is 4.54. The molecule has 0 aliphatic rings. The zero-order valence-corrected chi connectivity index (χ0v) is 9.49. The van der Waals surface area contributed by atoms with Crippen molar-refractivity contribution in [3.63, 3.8) is 0 Å². The van der Waals surface area contributed by atoms with Gasteiger partial charge in [0.15, 0.2) is 6.10 Å². The normalized spacial score (nSPS) is 12.9. The molecule has 1 aromatic heterocycles. The number of aromatic nitrogens is 1. The summed E-state index contributed by atoms with van der Waals surface area (Å²) in [6.07, 6.45) is -0.604. The Bertz CT molecular complexity index is 535. The molecule has 0 bridgehead atoms. The van der Waals surface area contributed by atoms with Crippen LogP contribution in [0.2, 0.25) is 0 Å². The number of aliphatic carboxylic acids is 1. The Kier molecular flexibility index (Phi) is 2.89. The predicted molar refractivity (Wildman–Crippen MR) is 61.6 cm³/mol. The van der Waals surface area contributed by atoms with E-state index in [1.807, 2.05) is 6.92 Å². The summed E-state index contributed by atoms with van der Waals surface area (Å²) >= 11 is 1.53. The highest BCUT2D eigenvalue weighted by atomic mass is 32.1. The molecule has 0 amide bonds. The highest BCUT2D eigenvalue weighted by Gasteiger charge is 2.16. The predicted octanol–water partition coefficient (Wildman–Crippen LogP) is 1.98. The molecule has 5 heteroatoms. The number of rotatable bonds is 3. The van der Waals surface area contributed by atoms with Crippen molar-refractivity contribution in [2.75, 3.05) is 0 Å². The van der Waals surface area contributed by atoms with Gasteiger partial charge in [0.05, 0.1) is 15.2 Å². The second-order valence-electron chi connectivity index (χ2n) is 3.43. The van der Waals surface area contributed by atoms with Crippen molar-refractivity contribution in [2.24, 2.45) is 0 Å². The van der Waals surface area contributed by atoms with Crippen LogP contribution >= 0.6 is 11.3 Å². The number of hydrogen-bond acceptors (Lipinski definition) is 4. The lowest BCUT2D eigenvalue weighted by Gasteiger charge is -2.04. The van der Waals surface area contributed by atoms with E-state index in [-0.39, 0.29) is 0 Å². The van der Waals surface area contributed by atoms with Crippen LogP contribution in [0.25, 0.3) is 10.2 Å². The van der Waals surface area contributed by atoms with Crippen molar-refractivity contribution < 1.29 is 15.0 Å². The number of hydrogen-bond donors (Lipinski definition) is 2. The lowest BCUT2D eigenvalue weighted by molar-refractivity contribution is -0.146. The third kappa shape index (κ3) is 1.91. The van der Waals surface area contributed by atoms with Gasteiger partial charge in [-0.3, -0.25) is 0 Å². The van der Waals surface area contributed by atoms with E-state index in [4.69, 9.17) is 5.11 Å². The van der Waals surface area contributed by atoms with Crippen LogP contribution in [0.1, 0.15) is 23.6 Å². The first-order valence-corrected chi connectivity index (χ1v) is 5.73. The number of carbonyl (C=O) groups is 1. The SMILES string of the molecule is CCc1nc2ccc(C(O)C(=O)O)cc2s1. The zero-order valence-electron chi connectivity index (χ0n) is 8.67. The third-order valence-electron chi connectivity index (χ3n) is 2.31. The molecule has 1 aromatic carbocycles. The molecule has 0 spiro atoms. The average Bonchev–Trinajstić information content (AvgIpc) is 2.69. The topological polar surface area (TPSA) is 70.4 Å². The van der Waals surface area contributed by atoms with Crippen LogP contribution in [0.3, 0.4) is 0 Å². The Balaban J connectivity index is 2.46. The van der Waals surface area contributed by atoms with Crippen LogP contribution < -0.4 is 0 Å². The lowest BCUT2D eigenvalue weighted by Crippen LogP contribution is -2.09. The summed E-state index contributed by atoms with van der Waals surface area (Å²) in [6, 6.07) is 5.03. The Morgan fingerprint density at radius 1 is 1.56 bits per heavy atom. The zero-order chi connectivity index (χ0) is 11.7. The summed E-state index contributed by atoms with van der Waals surface area (Å²) < 4.78 is 0.912. The van der Waals surface area contributed by atoms with E-state index in [0.29, 0.717) is 5.56 Å². The van der Waals surface area contributed by atoms with Crippen LogP contribution in [-0.4, -0.2) is 21.2 Å². The minimum atomic E-state index is -1.46. The summed E-state index contributed by atoms with van der Waals surface area (Å²) in [5, 5.41) is 19.1. The number of thiazole rings is 1. The molecule has 0 aliphatic heterocycles. The molecule has 2 aromatic rings. The number of benzene rings is 1. The fourth-order valence-electron chi connectivity index (χ4n) is 1.45. The number of carboxylic acids is 1. The largest absolute Gasteiger partial charge is 0.479 e. The third-order valence-corrected chi connectivity index (χ3v) is 3.47. The number of fused-ring (bicyclic) bond motifs is 1. The number of aliphatic hydroxyl groups is 1. The van der Waals surface area contributed by atoms with Gasteiger partial charge in [-0.05, 0) is 24.1 Å². The second kappa shape index (κ2) is 4.19. The van der Waals surface area contributed by atoms with Gasteiger partial charge in [0, 0.05) is 0 Å². The Labute approximate surface area is 96.2 Å². The van der Waals surface area contributed by atoms with Gasteiger partial charge in [-0.2, -0.15) is 0 Å². The monoisotopic (exact) mass is 237 g/mol. The molecule has 0 saturated carbocycles. The standard InChI is InChI=1S/C11H11NO3S/c1-2-9-12-7-4-3-6(5-8(7)16-9)10(13)11(14)15/h3-5,10,13H,2H2,1H3,(H,14,15). The molecule has 1 heterocycles. The van der Waals surface area contributed by atoms with Crippen LogP contribution in [0.4, 0.5) is 0 Å². The highest BCUT2D eigenvalue weighted by molar-refractivity contribution is 7.18. The van der Waals surface area contributed by atoms with Crippen molar-refractivity contribution in [3.8, 4) is 0 Å². The molecule has 0 radical (unpaired) electrons. The molecule has 1 atom stereocenters. The lowest BCUT2D eigenvalue weighted by atomic mass is 10.1. The van der Waals surface area contributed by atoms with Crippen LogP contribution in [0.5, 0.6) is 0 Å². The van der Waals surface area contributed by atoms with Gasteiger partial charge in [0.25, 0.3) is 0 Å². The summed E-state index contributed by atoms with van der Waals surface area (Å²) in [7, 11) is 0. The van der Waals surface area contributed by atoms with Crippen molar-refractivity contribution >= 4 is 27.5 Å². The van der Waals surface area contributed by atoms with Gasteiger partial charge in [-0.25, -0.2) is 9.78 Å².